The Balaban J connectivity index is 0.00000420. The van der Waals surface area contributed by atoms with Gasteiger partial charge in [0.15, 0.2) is 0 Å². The standard InChI is InChI=1S/C19H21ClF3NO3S.ClH/c1-18(24,12-25)9-3-4-13-7-8-16(11-17(13)20)28(26,27)15-6-2-5-14(10-15)19(21,22)23;/h2,5-8,10-11,25H,3-4,9,12,24H2,1H3;1H. The summed E-state index contributed by atoms with van der Waals surface area (Å²) in [5.74, 6) is 0. The number of aryl methyl sites for hydroxylation is 1. The summed E-state index contributed by atoms with van der Waals surface area (Å²) in [5, 5.41) is 9.37. The smallest absolute Gasteiger partial charge is 0.394 e. The van der Waals surface area contributed by atoms with E-state index in [9.17, 15) is 21.6 Å². The molecule has 1 unspecified atom stereocenters. The Morgan fingerprint density at radius 2 is 1.72 bits per heavy atom. The highest BCUT2D eigenvalue weighted by atomic mass is 35.5. The van der Waals surface area contributed by atoms with Crippen molar-refractivity contribution in [1.29, 1.82) is 0 Å². The van der Waals surface area contributed by atoms with E-state index < -0.39 is 32.0 Å². The number of hydrogen-bond acceptors (Lipinski definition) is 4. The maximum absolute atomic E-state index is 12.9. The molecule has 0 saturated carbocycles. The lowest BCUT2D eigenvalue weighted by Crippen LogP contribution is -2.40. The number of nitrogens with two attached hydrogens (primary N) is 1. The minimum absolute atomic E-state index is 0. The van der Waals surface area contributed by atoms with Crippen LogP contribution >= 0.6 is 24.0 Å². The molecule has 162 valence electrons. The highest BCUT2D eigenvalue weighted by Gasteiger charge is 2.32. The van der Waals surface area contributed by atoms with Gasteiger partial charge in [0.1, 0.15) is 0 Å². The van der Waals surface area contributed by atoms with E-state index in [0.717, 1.165) is 18.2 Å². The van der Waals surface area contributed by atoms with Crippen molar-refractivity contribution in [2.24, 2.45) is 5.73 Å². The van der Waals surface area contributed by atoms with Crippen LogP contribution in [0.3, 0.4) is 0 Å². The van der Waals surface area contributed by atoms with Crippen LogP contribution in [-0.2, 0) is 22.4 Å². The van der Waals surface area contributed by atoms with Crippen LogP contribution in [0.1, 0.15) is 30.9 Å². The quantitative estimate of drug-likeness (QED) is 0.615. The number of halogens is 5. The lowest BCUT2D eigenvalue weighted by Gasteiger charge is -2.21. The average molecular weight is 472 g/mol. The number of rotatable bonds is 7. The Bertz CT molecular complexity index is 948. The monoisotopic (exact) mass is 471 g/mol. The zero-order valence-corrected chi connectivity index (χ0v) is 17.9. The van der Waals surface area contributed by atoms with Gasteiger partial charge in [-0.05, 0) is 62.1 Å². The first kappa shape index (κ1) is 25.7. The number of alkyl halides is 3. The SMILES string of the molecule is CC(N)(CO)CCCc1ccc(S(=O)(=O)c2cccc(C(F)(F)F)c2)cc1Cl.Cl. The van der Waals surface area contributed by atoms with Gasteiger partial charge in [0, 0.05) is 10.6 Å². The van der Waals surface area contributed by atoms with Crippen molar-refractivity contribution in [3.8, 4) is 0 Å². The van der Waals surface area contributed by atoms with Crippen LogP contribution in [0.2, 0.25) is 5.02 Å². The van der Waals surface area contributed by atoms with Crippen LogP contribution in [0.4, 0.5) is 13.2 Å². The third kappa shape index (κ3) is 6.58. The normalized spacial score (nSPS) is 14.2. The molecule has 4 nitrogen and oxygen atoms in total. The van der Waals surface area contributed by atoms with Crippen LogP contribution in [0.25, 0.3) is 0 Å². The molecule has 0 aliphatic carbocycles. The Morgan fingerprint density at radius 1 is 1.10 bits per heavy atom. The van der Waals surface area contributed by atoms with Gasteiger partial charge in [0.2, 0.25) is 9.84 Å². The van der Waals surface area contributed by atoms with E-state index in [2.05, 4.69) is 0 Å². The van der Waals surface area contributed by atoms with Gasteiger partial charge in [-0.3, -0.25) is 0 Å². The zero-order valence-electron chi connectivity index (χ0n) is 15.5. The maximum Gasteiger partial charge on any atom is 0.416 e. The minimum atomic E-state index is -4.64. The van der Waals surface area contributed by atoms with Crippen molar-refractivity contribution >= 4 is 33.8 Å². The summed E-state index contributed by atoms with van der Waals surface area (Å²) in [7, 11) is -4.15. The van der Waals surface area contributed by atoms with Crippen molar-refractivity contribution in [3.63, 3.8) is 0 Å². The van der Waals surface area contributed by atoms with Gasteiger partial charge in [-0.25, -0.2) is 8.42 Å². The second kappa shape index (κ2) is 9.66. The van der Waals surface area contributed by atoms with Crippen LogP contribution in [0.5, 0.6) is 0 Å². The number of aliphatic hydroxyl groups is 1. The fourth-order valence-electron chi connectivity index (χ4n) is 2.64. The number of sulfone groups is 1. The van der Waals surface area contributed by atoms with Crippen LogP contribution < -0.4 is 5.73 Å². The molecule has 0 heterocycles. The molecule has 0 aliphatic rings. The zero-order chi connectivity index (χ0) is 21.2. The minimum Gasteiger partial charge on any atom is -0.394 e. The lowest BCUT2D eigenvalue weighted by molar-refractivity contribution is -0.137. The third-order valence-corrected chi connectivity index (χ3v) is 6.46. The topological polar surface area (TPSA) is 80.4 Å². The molecule has 0 spiro atoms. The molecule has 0 fully saturated rings. The molecule has 0 radical (unpaired) electrons. The number of hydrogen-bond donors (Lipinski definition) is 2. The average Bonchev–Trinajstić information content (AvgIpc) is 2.62. The van der Waals surface area contributed by atoms with Gasteiger partial charge >= 0.3 is 6.18 Å². The van der Waals surface area contributed by atoms with E-state index >= 15 is 0 Å². The van der Waals surface area contributed by atoms with Crippen molar-refractivity contribution in [1.82, 2.24) is 0 Å². The predicted molar refractivity (Wildman–Crippen MR) is 108 cm³/mol. The maximum atomic E-state index is 12.9. The van der Waals surface area contributed by atoms with E-state index in [1.54, 1.807) is 6.92 Å². The van der Waals surface area contributed by atoms with Crippen molar-refractivity contribution in [3.05, 3.63) is 58.6 Å². The lowest BCUT2D eigenvalue weighted by atomic mass is 9.95. The second-order valence-corrected chi connectivity index (χ2v) is 9.30. The highest BCUT2D eigenvalue weighted by Crippen LogP contribution is 2.33. The first-order valence-corrected chi connectivity index (χ1v) is 10.3. The molecule has 2 aromatic carbocycles. The molecule has 1 atom stereocenters. The first-order valence-electron chi connectivity index (χ1n) is 8.47. The fourth-order valence-corrected chi connectivity index (χ4v) is 4.31. The summed E-state index contributed by atoms with van der Waals surface area (Å²) in [6, 6.07) is 7.68. The molecule has 0 aromatic heterocycles. The summed E-state index contributed by atoms with van der Waals surface area (Å²) in [6.07, 6.45) is -2.94. The van der Waals surface area contributed by atoms with Gasteiger partial charge in [0.05, 0.1) is 22.0 Å². The van der Waals surface area contributed by atoms with E-state index in [1.807, 2.05) is 0 Å². The van der Waals surface area contributed by atoms with Crippen LogP contribution in [0.15, 0.2) is 52.3 Å². The van der Waals surface area contributed by atoms with Gasteiger partial charge in [-0.2, -0.15) is 13.2 Å². The van der Waals surface area contributed by atoms with Crippen molar-refractivity contribution < 1.29 is 26.7 Å². The Kier molecular flexibility index (Phi) is 8.57. The molecule has 0 amide bonds. The molecule has 29 heavy (non-hydrogen) atoms. The van der Waals surface area contributed by atoms with Crippen molar-refractivity contribution in [2.75, 3.05) is 6.61 Å². The van der Waals surface area contributed by atoms with Gasteiger partial charge in [0.25, 0.3) is 0 Å². The second-order valence-electron chi connectivity index (χ2n) is 6.95. The van der Waals surface area contributed by atoms with E-state index in [1.165, 1.54) is 18.2 Å². The summed E-state index contributed by atoms with van der Waals surface area (Å²) in [6.45, 7) is 1.56. The molecule has 0 bridgehead atoms. The fraction of sp³-hybridized carbons (Fsp3) is 0.368. The molecule has 3 N–H and O–H groups in total. The van der Waals surface area contributed by atoms with E-state index in [4.69, 9.17) is 22.4 Å². The Hall–Kier alpha value is -1.32. The molecule has 0 aliphatic heterocycles. The number of aliphatic hydroxyl groups excluding tert-OH is 1. The number of benzene rings is 2. The molecule has 2 aromatic rings. The third-order valence-electron chi connectivity index (χ3n) is 4.36. The summed E-state index contributed by atoms with van der Waals surface area (Å²) >= 11 is 6.19. The Labute approximate surface area is 179 Å². The molecule has 10 heteroatoms. The molecule has 2 rings (SSSR count). The molecular formula is C19H22Cl2F3NO3S. The van der Waals surface area contributed by atoms with Crippen LogP contribution in [0, 0.1) is 0 Å². The molecule has 0 saturated heterocycles. The highest BCUT2D eigenvalue weighted by molar-refractivity contribution is 7.91. The van der Waals surface area contributed by atoms with Gasteiger partial charge in [-0.15, -0.1) is 12.4 Å². The van der Waals surface area contributed by atoms with E-state index in [-0.39, 0.29) is 28.9 Å². The van der Waals surface area contributed by atoms with Gasteiger partial charge in [-0.1, -0.05) is 23.7 Å². The summed E-state index contributed by atoms with van der Waals surface area (Å²) in [4.78, 5) is -0.632. The largest absolute Gasteiger partial charge is 0.416 e. The predicted octanol–water partition coefficient (Wildman–Crippen LogP) is 4.65. The van der Waals surface area contributed by atoms with Crippen molar-refractivity contribution in [2.45, 2.75) is 47.7 Å². The van der Waals surface area contributed by atoms with Crippen LogP contribution in [-0.4, -0.2) is 25.7 Å². The first-order chi connectivity index (χ1) is 12.9. The Morgan fingerprint density at radius 3 is 2.28 bits per heavy atom. The molecular weight excluding hydrogens is 450 g/mol. The van der Waals surface area contributed by atoms with Gasteiger partial charge < -0.3 is 10.8 Å². The summed E-state index contributed by atoms with van der Waals surface area (Å²) < 4.78 is 64.0. The van der Waals surface area contributed by atoms with E-state index in [0.29, 0.717) is 30.9 Å². The summed E-state index contributed by atoms with van der Waals surface area (Å²) in [5.41, 5.74) is 4.81.